The van der Waals surface area contributed by atoms with Crippen LogP contribution in [0.2, 0.25) is 0 Å². The van der Waals surface area contributed by atoms with Crippen molar-refractivity contribution in [2.75, 3.05) is 12.1 Å². The van der Waals surface area contributed by atoms with Crippen molar-refractivity contribution in [3.05, 3.63) is 53.6 Å². The maximum absolute atomic E-state index is 11.8. The van der Waals surface area contributed by atoms with Gasteiger partial charge >= 0.3 is 11.8 Å². The number of amides is 2. The van der Waals surface area contributed by atoms with Crippen molar-refractivity contribution in [2.24, 2.45) is 5.10 Å². The molecule has 1 heterocycles. The second kappa shape index (κ2) is 7.48. The van der Waals surface area contributed by atoms with Gasteiger partial charge in [-0.05, 0) is 47.9 Å². The summed E-state index contributed by atoms with van der Waals surface area (Å²) in [5.41, 5.74) is 4.60. The molecule has 0 saturated heterocycles. The Labute approximate surface area is 144 Å². The van der Waals surface area contributed by atoms with Crippen LogP contribution in [-0.2, 0) is 16.0 Å². The molecule has 1 aliphatic heterocycles. The maximum atomic E-state index is 11.8. The van der Waals surface area contributed by atoms with E-state index in [9.17, 15) is 9.59 Å². The number of ether oxygens (including phenoxy) is 2. The van der Waals surface area contributed by atoms with E-state index in [4.69, 9.17) is 9.47 Å². The minimum atomic E-state index is -0.850. The number of fused-ring (bicyclic) bond motifs is 1. The molecule has 0 bridgehead atoms. The van der Waals surface area contributed by atoms with Gasteiger partial charge in [0.1, 0.15) is 0 Å². The van der Waals surface area contributed by atoms with Gasteiger partial charge < -0.3 is 14.8 Å². The zero-order valence-electron chi connectivity index (χ0n) is 13.6. The molecule has 1 aliphatic rings. The molecule has 0 aliphatic carbocycles. The van der Waals surface area contributed by atoms with E-state index in [0.717, 1.165) is 12.0 Å². The van der Waals surface area contributed by atoms with Gasteiger partial charge in [-0.1, -0.05) is 19.1 Å². The topological polar surface area (TPSA) is 89.0 Å². The van der Waals surface area contributed by atoms with Gasteiger partial charge in [0.15, 0.2) is 11.5 Å². The molecule has 0 aromatic heterocycles. The molecule has 0 saturated carbocycles. The quantitative estimate of drug-likeness (QED) is 0.507. The summed E-state index contributed by atoms with van der Waals surface area (Å²) in [7, 11) is 0. The Morgan fingerprint density at radius 2 is 1.84 bits per heavy atom. The van der Waals surface area contributed by atoms with Crippen LogP contribution in [0.3, 0.4) is 0 Å². The number of hydrogen-bond donors (Lipinski definition) is 2. The van der Waals surface area contributed by atoms with Crippen molar-refractivity contribution in [1.82, 2.24) is 5.43 Å². The fourth-order valence-electron chi connectivity index (χ4n) is 2.22. The lowest BCUT2D eigenvalue weighted by Gasteiger charge is -2.04. The molecule has 7 nitrogen and oxygen atoms in total. The van der Waals surface area contributed by atoms with Gasteiger partial charge in [0.2, 0.25) is 6.79 Å². The van der Waals surface area contributed by atoms with Crippen molar-refractivity contribution in [3.8, 4) is 11.5 Å². The highest BCUT2D eigenvalue weighted by Gasteiger charge is 2.14. The molecule has 7 heteroatoms. The van der Waals surface area contributed by atoms with Gasteiger partial charge in [0, 0.05) is 5.69 Å². The predicted molar refractivity (Wildman–Crippen MR) is 92.8 cm³/mol. The third-order valence-electron chi connectivity index (χ3n) is 3.60. The Hall–Kier alpha value is -3.35. The van der Waals surface area contributed by atoms with Crippen LogP contribution < -0.4 is 20.2 Å². The first kappa shape index (κ1) is 16.5. The number of anilines is 1. The summed E-state index contributed by atoms with van der Waals surface area (Å²) in [6, 6.07) is 12.5. The average Bonchev–Trinajstić information content (AvgIpc) is 3.10. The molecule has 0 unspecified atom stereocenters. The first-order chi connectivity index (χ1) is 12.2. The minimum Gasteiger partial charge on any atom is -0.454 e. The van der Waals surface area contributed by atoms with E-state index in [1.54, 1.807) is 30.3 Å². The van der Waals surface area contributed by atoms with E-state index >= 15 is 0 Å². The number of carbonyl (C=O) groups excluding carboxylic acids is 2. The number of benzene rings is 2. The number of rotatable bonds is 4. The van der Waals surface area contributed by atoms with Gasteiger partial charge in [0.25, 0.3) is 0 Å². The highest BCUT2D eigenvalue weighted by Crippen LogP contribution is 2.31. The Kier molecular flexibility index (Phi) is 4.94. The lowest BCUT2D eigenvalue weighted by molar-refractivity contribution is -0.136. The fourth-order valence-corrected chi connectivity index (χ4v) is 2.22. The van der Waals surface area contributed by atoms with Crippen LogP contribution in [-0.4, -0.2) is 24.8 Å². The first-order valence-electron chi connectivity index (χ1n) is 7.78. The van der Waals surface area contributed by atoms with E-state index < -0.39 is 11.8 Å². The van der Waals surface area contributed by atoms with E-state index in [1.807, 2.05) is 19.1 Å². The highest BCUT2D eigenvalue weighted by atomic mass is 16.7. The van der Waals surface area contributed by atoms with Gasteiger partial charge in [-0.2, -0.15) is 5.10 Å². The fraction of sp³-hybridized carbons (Fsp3) is 0.167. The summed E-state index contributed by atoms with van der Waals surface area (Å²) in [6.07, 6.45) is 2.33. The van der Waals surface area contributed by atoms with Crippen molar-refractivity contribution >= 4 is 23.7 Å². The largest absolute Gasteiger partial charge is 0.454 e. The average molecular weight is 339 g/mol. The zero-order chi connectivity index (χ0) is 17.6. The third kappa shape index (κ3) is 4.14. The Balaban J connectivity index is 1.53. The number of carbonyl (C=O) groups is 2. The van der Waals surface area contributed by atoms with Crippen molar-refractivity contribution < 1.29 is 19.1 Å². The second-order valence-electron chi connectivity index (χ2n) is 5.32. The number of aryl methyl sites for hydroxylation is 1. The Morgan fingerprint density at radius 3 is 2.60 bits per heavy atom. The summed E-state index contributed by atoms with van der Waals surface area (Å²) in [6.45, 7) is 2.23. The molecule has 2 amide bonds. The minimum absolute atomic E-state index is 0.187. The highest BCUT2D eigenvalue weighted by molar-refractivity contribution is 6.39. The van der Waals surface area contributed by atoms with Crippen LogP contribution >= 0.6 is 0 Å². The molecular weight excluding hydrogens is 322 g/mol. The Morgan fingerprint density at radius 1 is 1.08 bits per heavy atom. The molecule has 0 radical (unpaired) electrons. The number of hydrazone groups is 1. The van der Waals surface area contributed by atoms with Crippen molar-refractivity contribution in [1.29, 1.82) is 0 Å². The van der Waals surface area contributed by atoms with Gasteiger partial charge in [-0.3, -0.25) is 9.59 Å². The molecule has 25 heavy (non-hydrogen) atoms. The molecule has 0 fully saturated rings. The zero-order valence-corrected chi connectivity index (χ0v) is 13.6. The van der Waals surface area contributed by atoms with Crippen molar-refractivity contribution in [2.45, 2.75) is 13.3 Å². The molecule has 2 N–H and O–H groups in total. The smallest absolute Gasteiger partial charge is 0.329 e. The SMILES string of the molecule is CCc1ccc(NC(=O)C(=O)NN=Cc2ccc3c(c2)OCO3)cc1. The van der Waals surface area contributed by atoms with E-state index in [2.05, 4.69) is 15.8 Å². The third-order valence-corrected chi connectivity index (χ3v) is 3.60. The van der Waals surface area contributed by atoms with Gasteiger partial charge in [0.05, 0.1) is 6.21 Å². The summed E-state index contributed by atoms with van der Waals surface area (Å²) >= 11 is 0. The van der Waals surface area contributed by atoms with Crippen molar-refractivity contribution in [3.63, 3.8) is 0 Å². The Bertz CT molecular complexity index is 816. The predicted octanol–water partition coefficient (Wildman–Crippen LogP) is 2.07. The van der Waals surface area contributed by atoms with Crippen LogP contribution in [0, 0.1) is 0 Å². The lowest BCUT2D eigenvalue weighted by atomic mass is 10.1. The summed E-state index contributed by atoms with van der Waals surface area (Å²) in [5.74, 6) is -0.359. The van der Waals surface area contributed by atoms with Crippen LogP contribution in [0.4, 0.5) is 5.69 Å². The molecule has 2 aromatic carbocycles. The number of nitrogens with one attached hydrogen (secondary N) is 2. The first-order valence-corrected chi connectivity index (χ1v) is 7.78. The second-order valence-corrected chi connectivity index (χ2v) is 5.32. The standard InChI is InChI=1S/C18H17N3O4/c1-2-12-3-6-14(7-4-12)20-17(22)18(23)21-19-10-13-5-8-15-16(9-13)25-11-24-15/h3-10H,2,11H2,1H3,(H,20,22)(H,21,23). The molecule has 3 rings (SSSR count). The van der Waals surface area contributed by atoms with Crippen LogP contribution in [0.1, 0.15) is 18.1 Å². The number of nitrogens with zero attached hydrogens (tertiary/aromatic N) is 1. The molecule has 128 valence electrons. The van der Waals surface area contributed by atoms with Gasteiger partial charge in [-0.25, -0.2) is 5.43 Å². The lowest BCUT2D eigenvalue weighted by Crippen LogP contribution is -2.32. The monoisotopic (exact) mass is 339 g/mol. The van der Waals surface area contributed by atoms with Crippen LogP contribution in [0.5, 0.6) is 11.5 Å². The van der Waals surface area contributed by atoms with Crippen LogP contribution in [0.15, 0.2) is 47.6 Å². The molecule has 0 spiro atoms. The maximum Gasteiger partial charge on any atom is 0.329 e. The molecule has 2 aromatic rings. The van der Waals surface area contributed by atoms with E-state index in [1.165, 1.54) is 6.21 Å². The van der Waals surface area contributed by atoms with Crippen LogP contribution in [0.25, 0.3) is 0 Å². The molecule has 0 atom stereocenters. The van der Waals surface area contributed by atoms with Gasteiger partial charge in [-0.15, -0.1) is 0 Å². The molecular formula is C18H17N3O4. The summed E-state index contributed by atoms with van der Waals surface area (Å²) < 4.78 is 10.5. The summed E-state index contributed by atoms with van der Waals surface area (Å²) in [5, 5.41) is 6.29. The van der Waals surface area contributed by atoms with E-state index in [-0.39, 0.29) is 6.79 Å². The van der Waals surface area contributed by atoms with E-state index in [0.29, 0.717) is 22.7 Å². The normalized spacial score (nSPS) is 12.2. The number of hydrogen-bond acceptors (Lipinski definition) is 5. The summed E-state index contributed by atoms with van der Waals surface area (Å²) in [4.78, 5) is 23.6.